The summed E-state index contributed by atoms with van der Waals surface area (Å²) < 4.78 is 10.9. The maximum Gasteiger partial charge on any atom is 0.231 e. The van der Waals surface area contributed by atoms with E-state index >= 15 is 0 Å². The lowest BCUT2D eigenvalue weighted by atomic mass is 10.1. The molecule has 144 valence electrons. The standard InChI is InChI=1S/C19H20N4O2.ClH.H2O/c1-12-20-15-10-14(13-5-6-16-17(9-13)25-11-24-16)22-18(15)19(21-12)23-7-3-2-4-8-23;;/h5-6,9-10,22H,2-4,7-8,11H2,1H3;1H;1H2. The molecule has 3 aromatic rings. The molecule has 0 spiro atoms. The molecule has 0 radical (unpaired) electrons. The summed E-state index contributed by atoms with van der Waals surface area (Å²) >= 11 is 0. The van der Waals surface area contributed by atoms with Gasteiger partial charge in [0.25, 0.3) is 0 Å². The minimum Gasteiger partial charge on any atom is -0.454 e. The summed E-state index contributed by atoms with van der Waals surface area (Å²) in [6.45, 7) is 4.36. The van der Waals surface area contributed by atoms with Gasteiger partial charge in [-0.3, -0.25) is 0 Å². The number of anilines is 1. The third-order valence-corrected chi connectivity index (χ3v) is 4.91. The Kier molecular flexibility index (Phi) is 5.43. The van der Waals surface area contributed by atoms with Gasteiger partial charge in [0.2, 0.25) is 6.79 Å². The summed E-state index contributed by atoms with van der Waals surface area (Å²) in [6.07, 6.45) is 3.75. The third kappa shape index (κ3) is 3.40. The van der Waals surface area contributed by atoms with Crippen LogP contribution in [0.5, 0.6) is 11.5 Å². The Morgan fingerprint density at radius 3 is 2.59 bits per heavy atom. The van der Waals surface area contributed by atoms with Crippen molar-refractivity contribution in [2.24, 2.45) is 0 Å². The summed E-state index contributed by atoms with van der Waals surface area (Å²) in [5.74, 6) is 3.41. The largest absolute Gasteiger partial charge is 0.454 e. The van der Waals surface area contributed by atoms with Crippen LogP contribution in [0, 0.1) is 6.92 Å². The quantitative estimate of drug-likeness (QED) is 0.724. The molecule has 27 heavy (non-hydrogen) atoms. The summed E-state index contributed by atoms with van der Waals surface area (Å²) in [5, 5.41) is 0. The van der Waals surface area contributed by atoms with Crippen molar-refractivity contribution in [1.82, 2.24) is 15.0 Å². The Morgan fingerprint density at radius 1 is 1.00 bits per heavy atom. The van der Waals surface area contributed by atoms with E-state index in [9.17, 15) is 0 Å². The number of ether oxygens (including phenoxy) is 2. The molecule has 0 unspecified atom stereocenters. The van der Waals surface area contributed by atoms with E-state index in [0.29, 0.717) is 0 Å². The number of nitrogens with one attached hydrogen (secondary N) is 1. The van der Waals surface area contributed by atoms with Crippen molar-refractivity contribution in [3.8, 4) is 22.8 Å². The van der Waals surface area contributed by atoms with Crippen LogP contribution in [0.4, 0.5) is 5.82 Å². The van der Waals surface area contributed by atoms with Crippen molar-refractivity contribution in [2.75, 3.05) is 24.8 Å². The molecule has 1 aromatic carbocycles. The fourth-order valence-electron chi connectivity index (χ4n) is 3.66. The molecule has 1 saturated heterocycles. The van der Waals surface area contributed by atoms with Crippen molar-refractivity contribution >= 4 is 29.3 Å². The molecule has 2 aliphatic heterocycles. The predicted octanol–water partition coefficient (Wildman–Crippen LogP) is 3.25. The van der Waals surface area contributed by atoms with Crippen LogP contribution in [-0.2, 0) is 0 Å². The fraction of sp³-hybridized carbons (Fsp3) is 0.368. The molecular formula is C19H23ClN4O3. The van der Waals surface area contributed by atoms with E-state index in [-0.39, 0.29) is 24.7 Å². The Bertz CT molecular complexity index is 954. The highest BCUT2D eigenvalue weighted by Gasteiger charge is 2.19. The van der Waals surface area contributed by atoms with Gasteiger partial charge in [0, 0.05) is 24.3 Å². The van der Waals surface area contributed by atoms with E-state index in [4.69, 9.17) is 14.5 Å². The first-order valence-corrected chi connectivity index (χ1v) is 8.80. The number of aryl methyl sites for hydroxylation is 1. The number of nitrogens with zero attached hydrogens (tertiary/aromatic N) is 3. The van der Waals surface area contributed by atoms with Gasteiger partial charge < -0.3 is 24.8 Å². The normalized spacial score (nSPS) is 15.4. The second-order valence-electron chi connectivity index (χ2n) is 6.65. The molecule has 7 nitrogen and oxygen atoms in total. The van der Waals surface area contributed by atoms with Gasteiger partial charge in [-0.2, -0.15) is 0 Å². The minimum absolute atomic E-state index is 0. The summed E-state index contributed by atoms with van der Waals surface area (Å²) in [6, 6.07) is 8.09. The van der Waals surface area contributed by atoms with Gasteiger partial charge >= 0.3 is 0 Å². The highest BCUT2D eigenvalue weighted by atomic mass is 35.5. The van der Waals surface area contributed by atoms with Gasteiger partial charge in [-0.25, -0.2) is 9.97 Å². The topological polar surface area (TPSA) is 94.8 Å². The molecule has 0 amide bonds. The minimum atomic E-state index is 0. The first-order chi connectivity index (χ1) is 12.3. The van der Waals surface area contributed by atoms with E-state index < -0.39 is 0 Å². The SMILES string of the molecule is Cc1nc(N2CCCCC2)c2[nH]c(-c3ccc4c(c3)OCO4)cc2n1.Cl.O. The van der Waals surface area contributed by atoms with Crippen LogP contribution >= 0.6 is 12.4 Å². The highest BCUT2D eigenvalue weighted by Crippen LogP contribution is 2.37. The molecule has 3 N–H and O–H groups in total. The van der Waals surface area contributed by atoms with Crippen molar-refractivity contribution < 1.29 is 14.9 Å². The number of hydrogen-bond acceptors (Lipinski definition) is 5. The molecule has 0 atom stereocenters. The molecule has 8 heteroatoms. The number of fused-ring (bicyclic) bond motifs is 2. The van der Waals surface area contributed by atoms with Crippen LogP contribution in [0.25, 0.3) is 22.3 Å². The van der Waals surface area contributed by atoms with Gasteiger partial charge in [0.1, 0.15) is 11.3 Å². The molecule has 2 aliphatic rings. The number of piperidine rings is 1. The molecule has 0 saturated carbocycles. The van der Waals surface area contributed by atoms with Crippen molar-refractivity contribution in [1.29, 1.82) is 0 Å². The van der Waals surface area contributed by atoms with Crippen LogP contribution in [0.15, 0.2) is 24.3 Å². The fourth-order valence-corrected chi connectivity index (χ4v) is 3.66. The number of rotatable bonds is 2. The number of hydrogen-bond donors (Lipinski definition) is 1. The van der Waals surface area contributed by atoms with Crippen LogP contribution in [-0.4, -0.2) is 40.3 Å². The van der Waals surface area contributed by atoms with E-state index in [2.05, 4.69) is 20.9 Å². The van der Waals surface area contributed by atoms with Crippen LogP contribution in [0.3, 0.4) is 0 Å². The highest BCUT2D eigenvalue weighted by molar-refractivity contribution is 5.91. The average Bonchev–Trinajstić information content (AvgIpc) is 3.27. The lowest BCUT2D eigenvalue weighted by Gasteiger charge is -2.28. The molecule has 4 heterocycles. The van der Waals surface area contributed by atoms with Gasteiger partial charge in [-0.05, 0) is 50.5 Å². The third-order valence-electron chi connectivity index (χ3n) is 4.91. The maximum atomic E-state index is 5.50. The summed E-state index contributed by atoms with van der Waals surface area (Å²) in [5.41, 5.74) is 4.05. The van der Waals surface area contributed by atoms with E-state index in [1.165, 1.54) is 19.3 Å². The lowest BCUT2D eigenvalue weighted by Crippen LogP contribution is -2.30. The molecular weight excluding hydrogens is 368 g/mol. The monoisotopic (exact) mass is 390 g/mol. The molecule has 2 aromatic heterocycles. The zero-order valence-corrected chi connectivity index (χ0v) is 15.9. The van der Waals surface area contributed by atoms with Crippen molar-refractivity contribution in [3.63, 3.8) is 0 Å². The van der Waals surface area contributed by atoms with E-state index in [0.717, 1.165) is 58.5 Å². The lowest BCUT2D eigenvalue weighted by molar-refractivity contribution is 0.174. The average molecular weight is 391 g/mol. The number of aromatic amines is 1. The Hall–Kier alpha value is -2.51. The van der Waals surface area contributed by atoms with Gasteiger partial charge in [0.05, 0.1) is 5.52 Å². The molecule has 5 rings (SSSR count). The van der Waals surface area contributed by atoms with Crippen molar-refractivity contribution in [3.05, 3.63) is 30.1 Å². The van der Waals surface area contributed by atoms with E-state index in [1.54, 1.807) is 0 Å². The van der Waals surface area contributed by atoms with E-state index in [1.807, 2.05) is 25.1 Å². The molecule has 0 aliphatic carbocycles. The van der Waals surface area contributed by atoms with Crippen molar-refractivity contribution in [2.45, 2.75) is 26.2 Å². The van der Waals surface area contributed by atoms with Crippen LogP contribution < -0.4 is 14.4 Å². The number of aromatic nitrogens is 3. The Labute approximate surface area is 163 Å². The number of halogens is 1. The van der Waals surface area contributed by atoms with Crippen LogP contribution in [0.2, 0.25) is 0 Å². The number of benzene rings is 1. The summed E-state index contributed by atoms with van der Waals surface area (Å²) in [7, 11) is 0. The van der Waals surface area contributed by atoms with Gasteiger partial charge in [-0.1, -0.05) is 0 Å². The zero-order valence-electron chi connectivity index (χ0n) is 15.1. The first kappa shape index (κ1) is 19.3. The Morgan fingerprint density at radius 2 is 1.78 bits per heavy atom. The first-order valence-electron chi connectivity index (χ1n) is 8.80. The van der Waals surface area contributed by atoms with Gasteiger partial charge in [0.15, 0.2) is 17.3 Å². The van der Waals surface area contributed by atoms with Crippen LogP contribution in [0.1, 0.15) is 25.1 Å². The summed E-state index contributed by atoms with van der Waals surface area (Å²) in [4.78, 5) is 15.3. The maximum absolute atomic E-state index is 5.50. The second kappa shape index (κ2) is 7.62. The smallest absolute Gasteiger partial charge is 0.231 e. The molecule has 1 fully saturated rings. The number of H-pyrrole nitrogens is 1. The zero-order chi connectivity index (χ0) is 16.8. The predicted molar refractivity (Wildman–Crippen MR) is 107 cm³/mol. The molecule has 0 bridgehead atoms. The Balaban J connectivity index is 0.00000105. The van der Waals surface area contributed by atoms with Gasteiger partial charge in [-0.15, -0.1) is 12.4 Å². The second-order valence-corrected chi connectivity index (χ2v) is 6.65.